The Balaban J connectivity index is 1.95. The van der Waals surface area contributed by atoms with Crippen LogP contribution in [0.15, 0.2) is 10.5 Å². The van der Waals surface area contributed by atoms with Crippen LogP contribution in [0.5, 0.6) is 0 Å². The molecule has 1 N–H and O–H groups in total. The van der Waals surface area contributed by atoms with Gasteiger partial charge in [-0.3, -0.25) is 4.90 Å². The third kappa shape index (κ3) is 5.36. The molecule has 0 saturated heterocycles. The summed E-state index contributed by atoms with van der Waals surface area (Å²) in [6.45, 7) is 4.94. The van der Waals surface area contributed by atoms with Gasteiger partial charge in [0.15, 0.2) is 0 Å². The second-order valence-corrected chi connectivity index (χ2v) is 5.72. The van der Waals surface area contributed by atoms with Crippen molar-refractivity contribution >= 4 is 0 Å². The van der Waals surface area contributed by atoms with Crippen molar-refractivity contribution < 1.29 is 17.6 Å². The van der Waals surface area contributed by atoms with Crippen LogP contribution in [0.4, 0.5) is 13.2 Å². The summed E-state index contributed by atoms with van der Waals surface area (Å²) in [5.41, 5.74) is 1.03. The Morgan fingerprint density at radius 1 is 1.38 bits per heavy atom. The molecule has 0 radical (unpaired) electrons. The molecule has 1 aliphatic carbocycles. The van der Waals surface area contributed by atoms with E-state index in [9.17, 15) is 13.2 Å². The molecule has 1 aliphatic rings. The molecule has 0 amide bonds. The molecule has 0 unspecified atom stereocenters. The minimum absolute atomic E-state index is 0.0543. The fourth-order valence-electron chi connectivity index (χ4n) is 2.43. The van der Waals surface area contributed by atoms with E-state index in [1.807, 2.05) is 13.0 Å². The van der Waals surface area contributed by atoms with Crippen LogP contribution in [0, 0.1) is 6.92 Å². The van der Waals surface area contributed by atoms with E-state index in [-0.39, 0.29) is 12.6 Å². The van der Waals surface area contributed by atoms with Gasteiger partial charge in [0, 0.05) is 18.2 Å². The third-order valence-electron chi connectivity index (χ3n) is 3.62. The number of rotatable bonds is 8. The number of halogens is 3. The predicted octanol–water partition coefficient (Wildman–Crippen LogP) is 3.61. The molecule has 0 aliphatic heterocycles. The van der Waals surface area contributed by atoms with Gasteiger partial charge in [-0.2, -0.15) is 13.2 Å². The van der Waals surface area contributed by atoms with Crippen LogP contribution in [0.1, 0.15) is 43.3 Å². The number of hydrogen-bond donors (Lipinski definition) is 1. The van der Waals surface area contributed by atoms with Crippen LogP contribution in [0.2, 0.25) is 0 Å². The average molecular weight is 304 g/mol. The maximum atomic E-state index is 12.6. The van der Waals surface area contributed by atoms with Crippen LogP contribution in [-0.4, -0.2) is 30.2 Å². The first kappa shape index (κ1) is 16.4. The van der Waals surface area contributed by atoms with Crippen LogP contribution in [0.25, 0.3) is 0 Å². The van der Waals surface area contributed by atoms with Crippen molar-refractivity contribution in [2.75, 3.05) is 13.1 Å². The molecule has 0 bridgehead atoms. The first-order valence-electron chi connectivity index (χ1n) is 7.48. The summed E-state index contributed by atoms with van der Waals surface area (Å²) in [6, 6.07) is 1.93. The topological polar surface area (TPSA) is 28.4 Å². The highest BCUT2D eigenvalue weighted by atomic mass is 19.4. The maximum absolute atomic E-state index is 12.6. The van der Waals surface area contributed by atoms with Gasteiger partial charge in [0.2, 0.25) is 0 Å². The summed E-state index contributed by atoms with van der Waals surface area (Å²) in [7, 11) is 0. The highest BCUT2D eigenvalue weighted by molar-refractivity contribution is 5.20. The summed E-state index contributed by atoms with van der Waals surface area (Å²) in [6.07, 6.45) is -1.41. The zero-order chi connectivity index (χ0) is 15.5. The van der Waals surface area contributed by atoms with Gasteiger partial charge in [0.05, 0.1) is 13.1 Å². The fraction of sp³-hybridized carbons (Fsp3) is 0.733. The van der Waals surface area contributed by atoms with E-state index in [2.05, 4.69) is 12.2 Å². The molecule has 21 heavy (non-hydrogen) atoms. The van der Waals surface area contributed by atoms with Crippen molar-refractivity contribution in [2.45, 2.75) is 58.4 Å². The number of nitrogens with zero attached hydrogens (tertiary/aromatic N) is 1. The lowest BCUT2D eigenvalue weighted by Crippen LogP contribution is -2.35. The van der Waals surface area contributed by atoms with Crippen molar-refractivity contribution in [3.05, 3.63) is 23.2 Å². The molecule has 0 aromatic carbocycles. The number of hydrogen-bond acceptors (Lipinski definition) is 3. The lowest BCUT2D eigenvalue weighted by molar-refractivity contribution is -0.148. The van der Waals surface area contributed by atoms with Crippen molar-refractivity contribution in [3.8, 4) is 0 Å². The molecule has 3 nitrogen and oxygen atoms in total. The summed E-state index contributed by atoms with van der Waals surface area (Å²) < 4.78 is 43.4. The largest absolute Gasteiger partial charge is 0.465 e. The Kier molecular flexibility index (Phi) is 5.32. The van der Waals surface area contributed by atoms with Gasteiger partial charge in [-0.25, -0.2) is 0 Å². The second-order valence-electron chi connectivity index (χ2n) is 5.72. The number of aryl methyl sites for hydroxylation is 1. The van der Waals surface area contributed by atoms with E-state index in [1.54, 1.807) is 0 Å². The minimum Gasteiger partial charge on any atom is -0.465 e. The molecule has 2 rings (SSSR count). The van der Waals surface area contributed by atoms with Crippen LogP contribution in [0.3, 0.4) is 0 Å². The zero-order valence-corrected chi connectivity index (χ0v) is 12.6. The van der Waals surface area contributed by atoms with E-state index in [1.165, 1.54) is 4.90 Å². The third-order valence-corrected chi connectivity index (χ3v) is 3.62. The molecule has 120 valence electrons. The van der Waals surface area contributed by atoms with Crippen molar-refractivity contribution in [2.24, 2.45) is 0 Å². The molecular formula is C15H23F3N2O. The van der Waals surface area contributed by atoms with Crippen molar-refractivity contribution in [3.63, 3.8) is 0 Å². The smallest absolute Gasteiger partial charge is 0.401 e. The number of furan rings is 1. The van der Waals surface area contributed by atoms with E-state index < -0.39 is 12.7 Å². The molecule has 0 spiro atoms. The van der Waals surface area contributed by atoms with E-state index in [0.717, 1.165) is 37.1 Å². The Labute approximate surface area is 123 Å². The van der Waals surface area contributed by atoms with Gasteiger partial charge in [0.25, 0.3) is 0 Å². The molecule has 1 fully saturated rings. The lowest BCUT2D eigenvalue weighted by atomic mass is 10.2. The molecule has 1 aromatic rings. The standard InChI is InChI=1S/C15H23F3N2O/c1-3-6-19-8-12-7-14(21-11(12)2)9-20(13-4-5-13)10-15(16,17)18/h7,13,19H,3-6,8-10H2,1-2H3. The first-order valence-corrected chi connectivity index (χ1v) is 7.48. The molecule has 0 atom stereocenters. The number of alkyl halides is 3. The molecular weight excluding hydrogens is 281 g/mol. The summed E-state index contributed by atoms with van der Waals surface area (Å²) in [5, 5.41) is 3.28. The molecule has 1 aromatic heterocycles. The predicted molar refractivity (Wildman–Crippen MR) is 74.9 cm³/mol. The highest BCUT2D eigenvalue weighted by Gasteiger charge is 2.38. The maximum Gasteiger partial charge on any atom is 0.401 e. The second kappa shape index (κ2) is 6.83. The van der Waals surface area contributed by atoms with Gasteiger partial charge in [-0.1, -0.05) is 6.92 Å². The van der Waals surface area contributed by atoms with Gasteiger partial charge < -0.3 is 9.73 Å². The van der Waals surface area contributed by atoms with Crippen molar-refractivity contribution in [1.29, 1.82) is 0 Å². The SMILES string of the molecule is CCCNCc1cc(CN(CC(F)(F)F)C2CC2)oc1C. The summed E-state index contributed by atoms with van der Waals surface area (Å²) in [4.78, 5) is 1.47. The lowest BCUT2D eigenvalue weighted by Gasteiger charge is -2.22. The minimum atomic E-state index is -4.16. The van der Waals surface area contributed by atoms with Crippen LogP contribution >= 0.6 is 0 Å². The molecule has 1 heterocycles. The highest BCUT2D eigenvalue weighted by Crippen LogP contribution is 2.32. The Bertz CT molecular complexity index is 452. The van der Waals surface area contributed by atoms with E-state index in [0.29, 0.717) is 12.3 Å². The van der Waals surface area contributed by atoms with Gasteiger partial charge in [-0.15, -0.1) is 0 Å². The van der Waals surface area contributed by atoms with E-state index in [4.69, 9.17) is 4.42 Å². The van der Waals surface area contributed by atoms with E-state index >= 15 is 0 Å². The number of nitrogens with one attached hydrogen (secondary N) is 1. The van der Waals surface area contributed by atoms with Crippen LogP contribution < -0.4 is 5.32 Å². The molecule has 6 heteroatoms. The molecule has 1 saturated carbocycles. The Morgan fingerprint density at radius 3 is 2.67 bits per heavy atom. The summed E-state index contributed by atoms with van der Waals surface area (Å²) >= 11 is 0. The average Bonchev–Trinajstić information content (AvgIpc) is 3.14. The van der Waals surface area contributed by atoms with Crippen LogP contribution in [-0.2, 0) is 13.1 Å². The van der Waals surface area contributed by atoms with Crippen molar-refractivity contribution in [1.82, 2.24) is 10.2 Å². The van der Waals surface area contributed by atoms with Gasteiger partial charge in [0.1, 0.15) is 11.5 Å². The summed E-state index contributed by atoms with van der Waals surface area (Å²) in [5.74, 6) is 1.41. The monoisotopic (exact) mass is 304 g/mol. The zero-order valence-electron chi connectivity index (χ0n) is 12.6. The van der Waals surface area contributed by atoms with Gasteiger partial charge >= 0.3 is 6.18 Å². The van der Waals surface area contributed by atoms with Gasteiger partial charge in [-0.05, 0) is 38.8 Å². The quantitative estimate of drug-likeness (QED) is 0.744. The first-order chi connectivity index (χ1) is 9.89. The fourth-order valence-corrected chi connectivity index (χ4v) is 2.43. The normalized spacial score (nSPS) is 15.9. The Morgan fingerprint density at radius 2 is 2.10 bits per heavy atom. The Hall–Kier alpha value is -1.01.